The first-order valence-corrected chi connectivity index (χ1v) is 9.33. The van der Waals surface area contributed by atoms with Gasteiger partial charge in [0.25, 0.3) is 5.56 Å². The van der Waals surface area contributed by atoms with Gasteiger partial charge in [-0.3, -0.25) is 9.59 Å². The highest BCUT2D eigenvalue weighted by Gasteiger charge is 2.07. The Balaban J connectivity index is 1.59. The number of halogens is 2. The Morgan fingerprint density at radius 2 is 1.57 bits per heavy atom. The lowest BCUT2D eigenvalue weighted by Crippen LogP contribution is -2.23. The third-order valence-electron chi connectivity index (χ3n) is 4.01. The van der Waals surface area contributed by atoms with Crippen molar-refractivity contribution in [2.45, 2.75) is 13.2 Å². The monoisotopic (exact) mass is 416 g/mol. The first kappa shape index (κ1) is 20.1. The van der Waals surface area contributed by atoms with Crippen LogP contribution in [0.25, 0.3) is 0 Å². The molecule has 0 unspecified atom stereocenters. The van der Waals surface area contributed by atoms with E-state index >= 15 is 0 Å². The first-order chi connectivity index (χ1) is 13.5. The minimum atomic E-state index is -0.324. The Bertz CT molecular complexity index is 1030. The minimum Gasteiger partial charge on any atom is -0.367 e. The van der Waals surface area contributed by atoms with E-state index in [1.165, 1.54) is 10.6 Å². The van der Waals surface area contributed by atoms with Crippen LogP contribution in [0.2, 0.25) is 10.0 Å². The van der Waals surface area contributed by atoms with Crippen LogP contribution in [-0.2, 0) is 22.7 Å². The largest absolute Gasteiger partial charge is 0.367 e. The summed E-state index contributed by atoms with van der Waals surface area (Å²) in [5.74, 6) is -0.324. The Labute approximate surface area is 172 Å². The van der Waals surface area contributed by atoms with E-state index in [-0.39, 0.29) is 24.7 Å². The van der Waals surface area contributed by atoms with Crippen LogP contribution in [0.15, 0.2) is 71.7 Å². The number of hydrogen-bond donors (Lipinski definition) is 1. The summed E-state index contributed by atoms with van der Waals surface area (Å²) in [5, 5.41) is 3.89. The molecule has 1 aromatic heterocycles. The lowest BCUT2D eigenvalue weighted by molar-refractivity contribution is -0.121. The summed E-state index contributed by atoms with van der Waals surface area (Å²) in [4.78, 5) is 24.2. The van der Waals surface area contributed by atoms with Crippen LogP contribution in [0.5, 0.6) is 0 Å². The van der Waals surface area contributed by atoms with Gasteiger partial charge in [-0.25, -0.2) is 0 Å². The number of nitrogens with zero attached hydrogens (tertiary/aromatic N) is 1. The van der Waals surface area contributed by atoms with E-state index < -0.39 is 0 Å². The van der Waals surface area contributed by atoms with Gasteiger partial charge in [-0.15, -0.1) is 0 Å². The molecule has 3 rings (SSSR count). The zero-order valence-corrected chi connectivity index (χ0v) is 16.4. The molecule has 0 aliphatic heterocycles. The van der Waals surface area contributed by atoms with E-state index in [1.807, 2.05) is 36.4 Å². The van der Waals surface area contributed by atoms with Gasteiger partial charge in [0.1, 0.15) is 6.61 Å². The van der Waals surface area contributed by atoms with Crippen LogP contribution in [-0.4, -0.2) is 17.1 Å². The molecule has 0 saturated heterocycles. The molecule has 0 aliphatic carbocycles. The molecular weight excluding hydrogens is 399 g/mol. The molecule has 5 nitrogen and oxygen atoms in total. The van der Waals surface area contributed by atoms with Crippen LogP contribution < -0.4 is 10.9 Å². The fraction of sp³-hybridized carbons (Fsp3) is 0.143. The summed E-state index contributed by atoms with van der Waals surface area (Å²) in [6.45, 7) is 0.416. The summed E-state index contributed by atoms with van der Waals surface area (Å²) >= 11 is 12.2. The molecule has 2 aromatic carbocycles. The highest BCUT2D eigenvalue weighted by atomic mass is 35.5. The molecule has 144 valence electrons. The molecule has 1 amide bonds. The van der Waals surface area contributed by atoms with E-state index in [2.05, 4.69) is 5.32 Å². The molecule has 0 radical (unpaired) electrons. The van der Waals surface area contributed by atoms with Crippen molar-refractivity contribution in [3.05, 3.63) is 98.4 Å². The number of amides is 1. The maximum absolute atomic E-state index is 12.1. The van der Waals surface area contributed by atoms with Gasteiger partial charge in [-0.2, -0.15) is 0 Å². The summed E-state index contributed by atoms with van der Waals surface area (Å²) in [6, 6.07) is 17.5. The molecule has 1 N–H and O–H groups in total. The summed E-state index contributed by atoms with van der Waals surface area (Å²) in [5.41, 5.74) is 1.94. The van der Waals surface area contributed by atoms with Crippen molar-refractivity contribution < 1.29 is 9.53 Å². The van der Waals surface area contributed by atoms with E-state index in [9.17, 15) is 9.59 Å². The van der Waals surface area contributed by atoms with Gasteiger partial charge in [0.05, 0.1) is 18.8 Å². The number of benzene rings is 2. The van der Waals surface area contributed by atoms with Gasteiger partial charge in [-0.1, -0.05) is 59.6 Å². The third kappa shape index (κ3) is 5.45. The zero-order chi connectivity index (χ0) is 19.9. The number of carbonyl (C=O) groups is 1. The fourth-order valence-corrected chi connectivity index (χ4v) is 2.99. The molecule has 0 saturated carbocycles. The van der Waals surface area contributed by atoms with Crippen molar-refractivity contribution in [1.29, 1.82) is 0 Å². The molecule has 0 bridgehead atoms. The first-order valence-electron chi connectivity index (χ1n) is 8.58. The van der Waals surface area contributed by atoms with Crippen LogP contribution >= 0.6 is 23.2 Å². The van der Waals surface area contributed by atoms with Crippen LogP contribution in [0.4, 0.5) is 5.69 Å². The van der Waals surface area contributed by atoms with Crippen molar-refractivity contribution in [2.24, 2.45) is 0 Å². The minimum absolute atomic E-state index is 0.130. The number of anilines is 1. The normalized spacial score (nSPS) is 10.6. The highest BCUT2D eigenvalue weighted by Crippen LogP contribution is 2.17. The maximum Gasteiger partial charge on any atom is 0.250 e. The molecular formula is C21H18Cl2N2O3. The zero-order valence-electron chi connectivity index (χ0n) is 14.9. The molecule has 3 aromatic rings. The standard InChI is InChI=1S/C21H18Cl2N2O3/c22-18-7-3-1-5-15(18)11-25-12-17(9-10-21(25)27)24-20(26)14-28-13-16-6-2-4-8-19(16)23/h1-10,12H,11,13-14H2,(H,24,26). The maximum atomic E-state index is 12.1. The Hall–Kier alpha value is -2.60. The molecule has 0 aliphatic rings. The predicted octanol–water partition coefficient (Wildman–Crippen LogP) is 4.36. The van der Waals surface area contributed by atoms with Crippen molar-refractivity contribution >= 4 is 34.8 Å². The third-order valence-corrected chi connectivity index (χ3v) is 4.75. The molecule has 28 heavy (non-hydrogen) atoms. The van der Waals surface area contributed by atoms with Gasteiger partial charge < -0.3 is 14.6 Å². The van der Waals surface area contributed by atoms with E-state index in [0.717, 1.165) is 11.1 Å². The van der Waals surface area contributed by atoms with Gasteiger partial charge in [0.15, 0.2) is 0 Å². The topological polar surface area (TPSA) is 60.3 Å². The number of hydrogen-bond acceptors (Lipinski definition) is 3. The second kappa shape index (κ2) is 9.55. The van der Waals surface area contributed by atoms with Crippen molar-refractivity contribution in [2.75, 3.05) is 11.9 Å². The SMILES string of the molecule is O=C(COCc1ccccc1Cl)Nc1ccc(=O)n(Cc2ccccc2Cl)c1. The number of aromatic nitrogens is 1. The van der Waals surface area contributed by atoms with E-state index in [4.69, 9.17) is 27.9 Å². The summed E-state index contributed by atoms with van der Waals surface area (Å²) in [7, 11) is 0. The Kier molecular flexibility index (Phi) is 6.87. The van der Waals surface area contributed by atoms with Crippen molar-refractivity contribution in [3.8, 4) is 0 Å². The highest BCUT2D eigenvalue weighted by molar-refractivity contribution is 6.31. The fourth-order valence-electron chi connectivity index (χ4n) is 2.61. The number of pyridine rings is 1. The van der Waals surface area contributed by atoms with Crippen LogP contribution in [0.3, 0.4) is 0 Å². The molecule has 0 fully saturated rings. The molecule has 7 heteroatoms. The van der Waals surface area contributed by atoms with Crippen molar-refractivity contribution in [3.63, 3.8) is 0 Å². The quantitative estimate of drug-likeness (QED) is 0.622. The molecule has 0 atom stereocenters. The Morgan fingerprint density at radius 3 is 2.25 bits per heavy atom. The number of ether oxygens (including phenoxy) is 1. The number of carbonyl (C=O) groups excluding carboxylic acids is 1. The lowest BCUT2D eigenvalue weighted by atomic mass is 10.2. The van der Waals surface area contributed by atoms with Crippen LogP contribution in [0, 0.1) is 0 Å². The number of nitrogens with one attached hydrogen (secondary N) is 1. The average Bonchev–Trinajstić information content (AvgIpc) is 2.68. The second-order valence-corrected chi connectivity index (χ2v) is 6.92. The summed E-state index contributed by atoms with van der Waals surface area (Å²) < 4.78 is 6.90. The van der Waals surface area contributed by atoms with Crippen LogP contribution in [0.1, 0.15) is 11.1 Å². The predicted molar refractivity (Wildman–Crippen MR) is 111 cm³/mol. The Morgan fingerprint density at radius 1 is 0.929 bits per heavy atom. The van der Waals surface area contributed by atoms with E-state index in [1.54, 1.807) is 24.4 Å². The average molecular weight is 417 g/mol. The van der Waals surface area contributed by atoms with Crippen molar-refractivity contribution in [1.82, 2.24) is 4.57 Å². The molecule has 1 heterocycles. The van der Waals surface area contributed by atoms with Gasteiger partial charge in [-0.05, 0) is 29.3 Å². The summed E-state index contributed by atoms with van der Waals surface area (Å²) in [6.07, 6.45) is 1.58. The van der Waals surface area contributed by atoms with E-state index in [0.29, 0.717) is 22.3 Å². The second-order valence-electron chi connectivity index (χ2n) is 6.11. The van der Waals surface area contributed by atoms with Gasteiger partial charge in [0.2, 0.25) is 5.91 Å². The number of rotatable bonds is 7. The smallest absolute Gasteiger partial charge is 0.250 e. The van der Waals surface area contributed by atoms with Gasteiger partial charge in [0, 0.05) is 22.3 Å². The van der Waals surface area contributed by atoms with Gasteiger partial charge >= 0.3 is 0 Å². The lowest BCUT2D eigenvalue weighted by Gasteiger charge is -2.11. The molecule has 0 spiro atoms.